The predicted octanol–water partition coefficient (Wildman–Crippen LogP) is 4.67. The number of carbonyl (C=O) groups excluding carboxylic acids is 1. The van der Waals surface area contributed by atoms with Gasteiger partial charge in [-0.05, 0) is 37.1 Å². The molecular weight excluding hydrogens is 378 g/mol. The van der Waals surface area contributed by atoms with Crippen LogP contribution in [0.2, 0.25) is 0 Å². The number of nitrogens with one attached hydrogen (secondary N) is 1. The van der Waals surface area contributed by atoms with Gasteiger partial charge in [-0.1, -0.05) is 42.0 Å². The molecule has 27 heavy (non-hydrogen) atoms. The second-order valence-corrected chi connectivity index (χ2v) is 9.65. The van der Waals surface area contributed by atoms with Gasteiger partial charge in [0.15, 0.2) is 0 Å². The number of carbonyl (C=O) groups is 1. The molecule has 2 heterocycles. The van der Waals surface area contributed by atoms with Crippen LogP contribution < -0.4 is 5.32 Å². The molecule has 1 atom stereocenters. The molecular formula is C21H19NO3S2. The van der Waals surface area contributed by atoms with Gasteiger partial charge in [-0.2, -0.15) is 0 Å². The number of amides is 1. The summed E-state index contributed by atoms with van der Waals surface area (Å²) in [5, 5.41) is 4.46. The van der Waals surface area contributed by atoms with E-state index in [2.05, 4.69) is 11.4 Å². The number of hydrogen-bond acceptors (Lipinski definition) is 4. The molecule has 1 aromatic heterocycles. The normalized spacial score (nSPS) is 16.7. The number of thiophene rings is 1. The summed E-state index contributed by atoms with van der Waals surface area (Å²) in [7, 11) is -3.69. The molecule has 0 spiro atoms. The lowest BCUT2D eigenvalue weighted by atomic mass is 9.87. The van der Waals surface area contributed by atoms with E-state index in [1.54, 1.807) is 35.7 Å². The summed E-state index contributed by atoms with van der Waals surface area (Å²) in [6.07, 6.45) is 0.322. The zero-order valence-corrected chi connectivity index (χ0v) is 16.7. The molecule has 4 nitrogen and oxygen atoms in total. The molecule has 0 aliphatic carbocycles. The zero-order chi connectivity index (χ0) is 19.2. The SMILES string of the molecule is Cc1ccc(C)c(C2CC(=O)Nc3c(S(=O)(=O)c4ccccc4)csc32)c1. The molecule has 138 valence electrons. The summed E-state index contributed by atoms with van der Waals surface area (Å²) in [4.78, 5) is 13.7. The molecule has 1 aliphatic rings. The minimum absolute atomic E-state index is 0.127. The highest BCUT2D eigenvalue weighted by atomic mass is 32.2. The molecule has 1 unspecified atom stereocenters. The van der Waals surface area contributed by atoms with E-state index in [9.17, 15) is 13.2 Å². The Bertz CT molecular complexity index is 1130. The van der Waals surface area contributed by atoms with Crippen molar-refractivity contribution in [3.8, 4) is 0 Å². The number of aryl methyl sites for hydroxylation is 2. The van der Waals surface area contributed by atoms with E-state index < -0.39 is 9.84 Å². The van der Waals surface area contributed by atoms with Crippen molar-refractivity contribution >= 4 is 32.8 Å². The summed E-state index contributed by atoms with van der Waals surface area (Å²) in [6.45, 7) is 4.04. The molecule has 0 radical (unpaired) electrons. The van der Waals surface area contributed by atoms with Gasteiger partial charge in [0.1, 0.15) is 4.90 Å². The molecule has 1 amide bonds. The molecule has 1 aliphatic heterocycles. The van der Waals surface area contributed by atoms with Crippen LogP contribution >= 0.6 is 11.3 Å². The average Bonchev–Trinajstić information content (AvgIpc) is 3.08. The number of fused-ring (bicyclic) bond motifs is 1. The van der Waals surface area contributed by atoms with E-state index in [1.165, 1.54) is 11.3 Å². The Labute approximate surface area is 162 Å². The first-order valence-corrected chi connectivity index (χ1v) is 11.0. The third-order valence-corrected chi connectivity index (χ3v) is 7.95. The third-order valence-electron chi connectivity index (χ3n) is 4.91. The molecule has 0 fully saturated rings. The van der Waals surface area contributed by atoms with Crippen LogP contribution in [0.15, 0.2) is 63.7 Å². The van der Waals surface area contributed by atoms with E-state index in [0.29, 0.717) is 12.1 Å². The first-order chi connectivity index (χ1) is 12.9. The summed E-state index contributed by atoms with van der Waals surface area (Å²) in [5.41, 5.74) is 3.74. The standard InChI is InChI=1S/C21H19NO3S2/c1-13-8-9-14(2)16(10-13)17-11-19(23)22-20-18(12-26-21(17)20)27(24,25)15-6-4-3-5-7-15/h3-10,12,17H,11H2,1-2H3,(H,22,23). The van der Waals surface area contributed by atoms with Crippen molar-refractivity contribution in [2.75, 3.05) is 5.32 Å². The molecule has 0 saturated carbocycles. The first-order valence-electron chi connectivity index (χ1n) is 8.66. The highest BCUT2D eigenvalue weighted by Crippen LogP contribution is 2.46. The van der Waals surface area contributed by atoms with Gasteiger partial charge >= 0.3 is 0 Å². The van der Waals surface area contributed by atoms with Gasteiger partial charge in [-0.15, -0.1) is 11.3 Å². The predicted molar refractivity (Wildman–Crippen MR) is 107 cm³/mol. The van der Waals surface area contributed by atoms with Crippen LogP contribution in [-0.2, 0) is 14.6 Å². The second kappa shape index (κ2) is 6.62. The van der Waals surface area contributed by atoms with E-state index in [1.807, 2.05) is 26.0 Å². The smallest absolute Gasteiger partial charge is 0.225 e. The van der Waals surface area contributed by atoms with Crippen molar-refractivity contribution in [1.29, 1.82) is 0 Å². The summed E-state index contributed by atoms with van der Waals surface area (Å²) >= 11 is 1.40. The van der Waals surface area contributed by atoms with Crippen LogP contribution in [0.5, 0.6) is 0 Å². The van der Waals surface area contributed by atoms with Crippen LogP contribution in [-0.4, -0.2) is 14.3 Å². The summed E-state index contributed by atoms with van der Waals surface area (Å²) in [6, 6.07) is 14.5. The van der Waals surface area contributed by atoms with Gasteiger partial charge < -0.3 is 5.32 Å². The number of benzene rings is 2. The van der Waals surface area contributed by atoms with Gasteiger partial charge in [0.05, 0.1) is 10.6 Å². The van der Waals surface area contributed by atoms with Gasteiger partial charge in [0, 0.05) is 22.6 Å². The molecule has 2 aromatic carbocycles. The lowest BCUT2D eigenvalue weighted by molar-refractivity contribution is -0.116. The molecule has 4 rings (SSSR count). The average molecular weight is 398 g/mol. The number of sulfone groups is 1. The van der Waals surface area contributed by atoms with Gasteiger partial charge in [0.25, 0.3) is 0 Å². The highest BCUT2D eigenvalue weighted by Gasteiger charge is 2.34. The van der Waals surface area contributed by atoms with Gasteiger partial charge in [0.2, 0.25) is 15.7 Å². The molecule has 0 saturated heterocycles. The van der Waals surface area contributed by atoms with Crippen molar-refractivity contribution in [2.45, 2.75) is 36.0 Å². The quantitative estimate of drug-likeness (QED) is 0.698. The lowest BCUT2D eigenvalue weighted by Gasteiger charge is -2.25. The van der Waals surface area contributed by atoms with Crippen LogP contribution in [0.1, 0.15) is 33.9 Å². The summed E-state index contributed by atoms with van der Waals surface area (Å²) in [5.74, 6) is -0.283. The maximum atomic E-state index is 13.1. The fourth-order valence-corrected chi connectivity index (χ4v) is 6.44. The number of hydrogen-bond donors (Lipinski definition) is 1. The van der Waals surface area contributed by atoms with E-state index in [4.69, 9.17) is 0 Å². The Balaban J connectivity index is 1.87. The van der Waals surface area contributed by atoms with Gasteiger partial charge in [-0.3, -0.25) is 4.79 Å². The van der Waals surface area contributed by atoms with E-state index in [-0.39, 0.29) is 21.6 Å². The Kier molecular flexibility index (Phi) is 4.40. The second-order valence-electron chi connectivity index (χ2n) is 6.82. The van der Waals surface area contributed by atoms with Crippen LogP contribution in [0, 0.1) is 13.8 Å². The Hall–Kier alpha value is -2.44. The van der Waals surface area contributed by atoms with Crippen LogP contribution in [0.3, 0.4) is 0 Å². The maximum Gasteiger partial charge on any atom is 0.225 e. The van der Waals surface area contributed by atoms with Crippen molar-refractivity contribution in [3.63, 3.8) is 0 Å². The topological polar surface area (TPSA) is 63.2 Å². The fraction of sp³-hybridized carbons (Fsp3) is 0.190. The van der Waals surface area contributed by atoms with E-state index >= 15 is 0 Å². The minimum atomic E-state index is -3.69. The lowest BCUT2D eigenvalue weighted by Crippen LogP contribution is -2.24. The summed E-state index contributed by atoms with van der Waals surface area (Å²) < 4.78 is 26.2. The Morgan fingerprint density at radius 3 is 2.56 bits per heavy atom. The number of anilines is 1. The molecule has 0 bridgehead atoms. The first kappa shape index (κ1) is 17.9. The van der Waals surface area contributed by atoms with E-state index in [0.717, 1.165) is 21.6 Å². The molecule has 1 N–H and O–H groups in total. The van der Waals surface area contributed by atoms with Gasteiger partial charge in [-0.25, -0.2) is 8.42 Å². The minimum Gasteiger partial charge on any atom is -0.324 e. The van der Waals surface area contributed by atoms with Crippen molar-refractivity contribution in [3.05, 3.63) is 75.5 Å². The van der Waals surface area contributed by atoms with Crippen LogP contribution in [0.4, 0.5) is 5.69 Å². The van der Waals surface area contributed by atoms with Crippen molar-refractivity contribution < 1.29 is 13.2 Å². The molecule has 3 aromatic rings. The Morgan fingerprint density at radius 1 is 1.07 bits per heavy atom. The van der Waals surface area contributed by atoms with Crippen molar-refractivity contribution in [2.24, 2.45) is 0 Å². The molecule has 6 heteroatoms. The fourth-order valence-electron chi connectivity index (χ4n) is 3.52. The zero-order valence-electron chi connectivity index (χ0n) is 15.0. The number of rotatable bonds is 3. The van der Waals surface area contributed by atoms with Crippen molar-refractivity contribution in [1.82, 2.24) is 0 Å². The monoisotopic (exact) mass is 397 g/mol. The highest BCUT2D eigenvalue weighted by molar-refractivity contribution is 7.91. The van der Waals surface area contributed by atoms with Crippen LogP contribution in [0.25, 0.3) is 0 Å². The third kappa shape index (κ3) is 3.09. The largest absolute Gasteiger partial charge is 0.324 e. The maximum absolute atomic E-state index is 13.1. The Morgan fingerprint density at radius 2 is 1.81 bits per heavy atom.